The van der Waals surface area contributed by atoms with E-state index in [0.717, 1.165) is 18.4 Å². The fourth-order valence-corrected chi connectivity index (χ4v) is 4.52. The van der Waals surface area contributed by atoms with Crippen molar-refractivity contribution in [2.45, 2.75) is 37.9 Å². The lowest BCUT2D eigenvalue weighted by molar-refractivity contribution is -0.165. The molecule has 0 aliphatic carbocycles. The highest BCUT2D eigenvalue weighted by Gasteiger charge is 2.54. The summed E-state index contributed by atoms with van der Waals surface area (Å²) in [6, 6.07) is 7.51. The molecule has 1 aromatic rings. The summed E-state index contributed by atoms with van der Waals surface area (Å²) in [6.45, 7) is 2.38. The van der Waals surface area contributed by atoms with Crippen LogP contribution >= 0.6 is 11.6 Å². The van der Waals surface area contributed by atoms with Crippen molar-refractivity contribution in [2.75, 3.05) is 32.8 Å². The van der Waals surface area contributed by atoms with E-state index in [1.807, 2.05) is 24.3 Å². The number of likely N-dealkylation sites (tertiary alicyclic amines) is 2. The molecule has 4 rings (SSSR count). The van der Waals surface area contributed by atoms with E-state index in [9.17, 15) is 14.7 Å². The molecule has 1 N–H and O–H groups in total. The Labute approximate surface area is 164 Å². The van der Waals surface area contributed by atoms with Crippen LogP contribution in [-0.2, 0) is 20.7 Å². The number of carbonyl (C=O) groups is 2. The predicted octanol–water partition coefficient (Wildman–Crippen LogP) is 1.48. The maximum atomic E-state index is 13.3. The van der Waals surface area contributed by atoms with Gasteiger partial charge in [0, 0.05) is 37.8 Å². The van der Waals surface area contributed by atoms with Gasteiger partial charge in [0.1, 0.15) is 6.10 Å². The Bertz CT molecular complexity index is 711. The first-order valence-electron chi connectivity index (χ1n) is 9.59. The van der Waals surface area contributed by atoms with E-state index >= 15 is 0 Å². The number of aliphatic hydroxyl groups is 1. The molecule has 0 spiro atoms. The van der Waals surface area contributed by atoms with Crippen molar-refractivity contribution in [2.24, 2.45) is 5.41 Å². The van der Waals surface area contributed by atoms with Crippen LogP contribution in [0.1, 0.15) is 24.8 Å². The van der Waals surface area contributed by atoms with Gasteiger partial charge >= 0.3 is 0 Å². The number of aliphatic hydroxyl groups excluding tert-OH is 1. The number of halogens is 1. The van der Waals surface area contributed by atoms with Crippen molar-refractivity contribution in [3.63, 3.8) is 0 Å². The quantitative estimate of drug-likeness (QED) is 0.842. The SMILES string of the molecule is O=C([C@H]1CCCO1)N1CC(Cc2ccc(Cl)cc2)(C(=O)N2CC[C@@H](O)C2)C1. The van der Waals surface area contributed by atoms with Gasteiger partial charge in [-0.3, -0.25) is 9.59 Å². The van der Waals surface area contributed by atoms with E-state index in [4.69, 9.17) is 16.3 Å². The zero-order chi connectivity index (χ0) is 19.0. The summed E-state index contributed by atoms with van der Waals surface area (Å²) >= 11 is 5.98. The molecule has 1 aromatic carbocycles. The van der Waals surface area contributed by atoms with Gasteiger partial charge in [0.2, 0.25) is 5.91 Å². The predicted molar refractivity (Wildman–Crippen MR) is 100 cm³/mol. The van der Waals surface area contributed by atoms with Crippen molar-refractivity contribution in [1.82, 2.24) is 9.80 Å². The van der Waals surface area contributed by atoms with E-state index in [1.54, 1.807) is 9.80 Å². The van der Waals surface area contributed by atoms with Crippen molar-refractivity contribution < 1.29 is 19.4 Å². The maximum absolute atomic E-state index is 13.3. The van der Waals surface area contributed by atoms with Gasteiger partial charge in [-0.1, -0.05) is 23.7 Å². The molecule has 0 radical (unpaired) electrons. The molecular weight excluding hydrogens is 368 g/mol. The zero-order valence-corrected chi connectivity index (χ0v) is 16.0. The highest BCUT2D eigenvalue weighted by Crippen LogP contribution is 2.38. The average Bonchev–Trinajstić information content (AvgIpc) is 3.30. The summed E-state index contributed by atoms with van der Waals surface area (Å²) in [4.78, 5) is 29.4. The van der Waals surface area contributed by atoms with Crippen LogP contribution in [0.3, 0.4) is 0 Å². The molecule has 0 unspecified atom stereocenters. The third kappa shape index (κ3) is 3.71. The molecule has 0 saturated carbocycles. The molecule has 6 nitrogen and oxygen atoms in total. The van der Waals surface area contributed by atoms with Crippen LogP contribution in [0.25, 0.3) is 0 Å². The number of hydrogen-bond acceptors (Lipinski definition) is 4. The van der Waals surface area contributed by atoms with Gasteiger partial charge in [-0.05, 0) is 43.4 Å². The first kappa shape index (κ1) is 18.7. The second-order valence-electron chi connectivity index (χ2n) is 7.97. The van der Waals surface area contributed by atoms with Gasteiger partial charge in [0.15, 0.2) is 0 Å². The van der Waals surface area contributed by atoms with Crippen LogP contribution < -0.4 is 0 Å². The molecule has 146 valence electrons. The van der Waals surface area contributed by atoms with Gasteiger partial charge in [-0.25, -0.2) is 0 Å². The monoisotopic (exact) mass is 392 g/mol. The Balaban J connectivity index is 1.50. The third-order valence-corrected chi connectivity index (χ3v) is 6.12. The van der Waals surface area contributed by atoms with Crippen LogP contribution in [0.15, 0.2) is 24.3 Å². The average molecular weight is 393 g/mol. The van der Waals surface area contributed by atoms with Crippen molar-refractivity contribution >= 4 is 23.4 Å². The van der Waals surface area contributed by atoms with E-state index in [-0.39, 0.29) is 17.9 Å². The lowest BCUT2D eigenvalue weighted by Crippen LogP contribution is -2.67. The lowest BCUT2D eigenvalue weighted by Gasteiger charge is -2.50. The summed E-state index contributed by atoms with van der Waals surface area (Å²) in [7, 11) is 0. The van der Waals surface area contributed by atoms with Crippen LogP contribution in [0.4, 0.5) is 0 Å². The van der Waals surface area contributed by atoms with Gasteiger partial charge < -0.3 is 19.6 Å². The topological polar surface area (TPSA) is 70.1 Å². The van der Waals surface area contributed by atoms with E-state index in [2.05, 4.69) is 0 Å². The zero-order valence-electron chi connectivity index (χ0n) is 15.3. The lowest BCUT2D eigenvalue weighted by atomic mass is 9.73. The number of amides is 2. The Morgan fingerprint density at radius 3 is 2.52 bits per heavy atom. The molecule has 2 atom stereocenters. The van der Waals surface area contributed by atoms with E-state index < -0.39 is 11.5 Å². The molecule has 2 amide bonds. The van der Waals surface area contributed by atoms with Gasteiger partial charge in [0.25, 0.3) is 5.91 Å². The van der Waals surface area contributed by atoms with E-state index in [1.165, 1.54) is 0 Å². The molecule has 3 fully saturated rings. The van der Waals surface area contributed by atoms with Crippen LogP contribution in [0.2, 0.25) is 5.02 Å². The first-order valence-corrected chi connectivity index (χ1v) is 9.97. The molecule has 3 saturated heterocycles. The standard InChI is InChI=1S/C20H25ClN2O4/c21-15-5-3-14(4-6-15)10-20(19(26)22-8-7-16(24)11-22)12-23(13-20)18(25)17-2-1-9-27-17/h3-6,16-17,24H,1-2,7-13H2/t16-,17-/m1/s1. The van der Waals surface area contributed by atoms with Crippen LogP contribution in [-0.4, -0.2) is 71.7 Å². The number of benzene rings is 1. The molecule has 3 aliphatic heterocycles. The summed E-state index contributed by atoms with van der Waals surface area (Å²) < 4.78 is 5.51. The minimum absolute atomic E-state index is 0.00603. The van der Waals surface area contributed by atoms with Gasteiger partial charge in [-0.15, -0.1) is 0 Å². The fraction of sp³-hybridized carbons (Fsp3) is 0.600. The summed E-state index contributed by atoms with van der Waals surface area (Å²) in [5, 5.41) is 10.5. The maximum Gasteiger partial charge on any atom is 0.251 e. The highest BCUT2D eigenvalue weighted by molar-refractivity contribution is 6.30. The first-order chi connectivity index (χ1) is 13.0. The molecule has 0 bridgehead atoms. The second-order valence-corrected chi connectivity index (χ2v) is 8.41. The summed E-state index contributed by atoms with van der Waals surface area (Å²) in [6.07, 6.45) is 2.02. The van der Waals surface area contributed by atoms with Crippen molar-refractivity contribution in [3.05, 3.63) is 34.9 Å². The largest absolute Gasteiger partial charge is 0.391 e. The summed E-state index contributed by atoms with van der Waals surface area (Å²) in [5.74, 6) is 0.0267. The number of nitrogens with zero attached hydrogens (tertiary/aromatic N) is 2. The number of rotatable bonds is 4. The van der Waals surface area contributed by atoms with Crippen molar-refractivity contribution in [3.8, 4) is 0 Å². The number of ether oxygens (including phenoxy) is 1. The molecular formula is C20H25ClN2O4. The van der Waals surface area contributed by atoms with E-state index in [0.29, 0.717) is 50.7 Å². The van der Waals surface area contributed by atoms with Crippen LogP contribution in [0, 0.1) is 5.41 Å². The number of β-amino-alcohol motifs (C(OH)–C–C–N with tert-alkyl or cyclic N) is 1. The Morgan fingerprint density at radius 2 is 1.93 bits per heavy atom. The minimum atomic E-state index is -0.633. The van der Waals surface area contributed by atoms with Crippen LogP contribution in [0.5, 0.6) is 0 Å². The Hall–Kier alpha value is -1.63. The molecule has 3 aliphatic rings. The van der Waals surface area contributed by atoms with Crippen molar-refractivity contribution in [1.29, 1.82) is 0 Å². The van der Waals surface area contributed by atoms with Gasteiger partial charge in [0.05, 0.1) is 11.5 Å². The minimum Gasteiger partial charge on any atom is -0.391 e. The molecule has 3 heterocycles. The third-order valence-electron chi connectivity index (χ3n) is 5.86. The van der Waals surface area contributed by atoms with Gasteiger partial charge in [-0.2, -0.15) is 0 Å². The molecule has 7 heteroatoms. The smallest absolute Gasteiger partial charge is 0.251 e. The molecule has 27 heavy (non-hydrogen) atoms. The normalized spacial score (nSPS) is 26.9. The Morgan fingerprint density at radius 1 is 1.19 bits per heavy atom. The number of carbonyl (C=O) groups excluding carboxylic acids is 2. The summed E-state index contributed by atoms with van der Waals surface area (Å²) in [5.41, 5.74) is 0.392. The second kappa shape index (κ2) is 7.41. The molecule has 0 aromatic heterocycles. The number of hydrogen-bond donors (Lipinski definition) is 1. The highest BCUT2D eigenvalue weighted by atomic mass is 35.5. The fourth-order valence-electron chi connectivity index (χ4n) is 4.39. The Kier molecular flexibility index (Phi) is 5.14.